The van der Waals surface area contributed by atoms with Crippen LogP contribution in [-0.2, 0) is 28.5 Å². The van der Waals surface area contributed by atoms with Crippen molar-refractivity contribution >= 4 is 12.1 Å². The van der Waals surface area contributed by atoms with Crippen molar-refractivity contribution in [3.8, 4) is 0 Å². The molecule has 0 aromatic heterocycles. The van der Waals surface area contributed by atoms with Gasteiger partial charge in [-0.3, -0.25) is 0 Å². The average molecular weight is 320 g/mol. The predicted molar refractivity (Wildman–Crippen MR) is 61.4 cm³/mol. The van der Waals surface area contributed by atoms with Crippen molar-refractivity contribution < 1.29 is 42.1 Å². The molecule has 0 radical (unpaired) electrons. The number of halogens is 2. The van der Waals surface area contributed by atoms with Crippen molar-refractivity contribution in [3.63, 3.8) is 0 Å². The molecule has 2 saturated heterocycles. The van der Waals surface area contributed by atoms with Gasteiger partial charge in [0.15, 0.2) is 5.79 Å². The van der Waals surface area contributed by atoms with Gasteiger partial charge in [-0.15, -0.1) is 0 Å². The molecule has 4 fully saturated rings. The SMILES string of the molecule is CC(F)(F)C(=O)OC1CC2CC1CC21OC2OC(=O)OC2O1. The quantitative estimate of drug-likeness (QED) is 0.714. The molecule has 0 aromatic rings. The van der Waals surface area contributed by atoms with E-state index in [1.54, 1.807) is 0 Å². The fraction of sp³-hybridized carbons (Fsp3) is 0.846. The van der Waals surface area contributed by atoms with Crippen molar-refractivity contribution in [1.82, 2.24) is 0 Å². The zero-order chi connectivity index (χ0) is 15.7. The van der Waals surface area contributed by atoms with E-state index in [0.29, 0.717) is 26.2 Å². The monoisotopic (exact) mass is 320 g/mol. The van der Waals surface area contributed by atoms with Gasteiger partial charge in [0.25, 0.3) is 12.6 Å². The lowest BCUT2D eigenvalue weighted by Crippen LogP contribution is -2.43. The van der Waals surface area contributed by atoms with E-state index < -0.39 is 42.5 Å². The number of alkyl halides is 2. The minimum atomic E-state index is -3.50. The molecule has 2 saturated carbocycles. The van der Waals surface area contributed by atoms with Crippen LogP contribution in [0.3, 0.4) is 0 Å². The summed E-state index contributed by atoms with van der Waals surface area (Å²) in [7, 11) is 0. The topological polar surface area (TPSA) is 80.3 Å². The van der Waals surface area contributed by atoms with E-state index in [1.165, 1.54) is 0 Å². The molecular weight excluding hydrogens is 306 g/mol. The molecule has 7 nitrogen and oxygen atoms in total. The van der Waals surface area contributed by atoms with Crippen molar-refractivity contribution in [2.75, 3.05) is 0 Å². The predicted octanol–water partition coefficient (Wildman–Crippen LogP) is 1.55. The lowest BCUT2D eigenvalue weighted by molar-refractivity contribution is -0.252. The maximum Gasteiger partial charge on any atom is 0.513 e. The highest BCUT2D eigenvalue weighted by Crippen LogP contribution is 2.58. The number of ether oxygens (including phenoxy) is 5. The first-order valence-electron chi connectivity index (χ1n) is 7.09. The van der Waals surface area contributed by atoms with Gasteiger partial charge in [-0.05, 0) is 12.8 Å². The molecule has 122 valence electrons. The second-order valence-corrected chi connectivity index (χ2v) is 6.23. The average Bonchev–Trinajstić information content (AvgIpc) is 3.08. The molecule has 22 heavy (non-hydrogen) atoms. The highest BCUT2D eigenvalue weighted by atomic mass is 19.3. The third-order valence-corrected chi connectivity index (χ3v) is 4.69. The lowest BCUT2D eigenvalue weighted by Gasteiger charge is -2.35. The van der Waals surface area contributed by atoms with Crippen molar-refractivity contribution in [1.29, 1.82) is 0 Å². The molecule has 0 N–H and O–H groups in total. The molecule has 4 aliphatic rings. The maximum absolute atomic E-state index is 12.9. The Balaban J connectivity index is 1.41. The van der Waals surface area contributed by atoms with Crippen molar-refractivity contribution in [2.24, 2.45) is 11.8 Å². The minimum Gasteiger partial charge on any atom is -0.458 e. The number of hydrogen-bond acceptors (Lipinski definition) is 7. The summed E-state index contributed by atoms with van der Waals surface area (Å²) in [6, 6.07) is 0. The van der Waals surface area contributed by atoms with Crippen LogP contribution in [0.4, 0.5) is 13.6 Å². The van der Waals surface area contributed by atoms with Crippen molar-refractivity contribution in [2.45, 2.75) is 56.6 Å². The summed E-state index contributed by atoms with van der Waals surface area (Å²) >= 11 is 0. The zero-order valence-corrected chi connectivity index (χ0v) is 11.6. The molecule has 5 atom stereocenters. The maximum atomic E-state index is 12.9. The smallest absolute Gasteiger partial charge is 0.458 e. The van der Waals surface area contributed by atoms with Gasteiger partial charge in [-0.2, -0.15) is 8.78 Å². The molecule has 0 aromatic carbocycles. The van der Waals surface area contributed by atoms with Crippen LogP contribution < -0.4 is 0 Å². The normalized spacial score (nSPS) is 45.8. The van der Waals surface area contributed by atoms with E-state index in [-0.39, 0.29) is 11.8 Å². The summed E-state index contributed by atoms with van der Waals surface area (Å²) in [6.07, 6.45) is -1.80. The van der Waals surface area contributed by atoms with Crippen LogP contribution in [0.25, 0.3) is 0 Å². The van der Waals surface area contributed by atoms with E-state index in [1.807, 2.05) is 0 Å². The zero-order valence-electron chi connectivity index (χ0n) is 11.6. The number of fused-ring (bicyclic) bond motifs is 4. The molecule has 2 bridgehead atoms. The third kappa shape index (κ3) is 1.98. The van der Waals surface area contributed by atoms with Gasteiger partial charge in [0.2, 0.25) is 0 Å². The van der Waals surface area contributed by atoms with Gasteiger partial charge in [-0.25, -0.2) is 9.59 Å². The van der Waals surface area contributed by atoms with E-state index in [0.717, 1.165) is 0 Å². The highest BCUT2D eigenvalue weighted by Gasteiger charge is 2.66. The molecule has 2 heterocycles. The molecular formula is C13H14F2O7. The third-order valence-electron chi connectivity index (χ3n) is 4.69. The van der Waals surface area contributed by atoms with Crippen LogP contribution in [0.15, 0.2) is 0 Å². The van der Waals surface area contributed by atoms with E-state index in [4.69, 9.17) is 23.7 Å². The fourth-order valence-corrected chi connectivity index (χ4v) is 3.78. The van der Waals surface area contributed by atoms with E-state index in [9.17, 15) is 18.4 Å². The van der Waals surface area contributed by atoms with Crippen LogP contribution >= 0.6 is 0 Å². The Bertz CT molecular complexity index is 515. The molecule has 5 unspecified atom stereocenters. The Kier molecular flexibility index (Phi) is 2.75. The number of hydrogen-bond donors (Lipinski definition) is 0. The summed E-state index contributed by atoms with van der Waals surface area (Å²) < 4.78 is 51.7. The number of carbonyl (C=O) groups excluding carboxylic acids is 2. The number of rotatable bonds is 2. The van der Waals surface area contributed by atoms with Gasteiger partial charge in [0.1, 0.15) is 6.10 Å². The molecule has 9 heteroatoms. The Hall–Kier alpha value is -1.48. The molecule has 2 aliphatic carbocycles. The summed E-state index contributed by atoms with van der Waals surface area (Å²) in [5.41, 5.74) is 0. The summed E-state index contributed by atoms with van der Waals surface area (Å²) in [5.74, 6) is -6.20. The van der Waals surface area contributed by atoms with Gasteiger partial charge in [-0.1, -0.05) is 0 Å². The second-order valence-electron chi connectivity index (χ2n) is 6.23. The van der Waals surface area contributed by atoms with Gasteiger partial charge < -0.3 is 23.7 Å². The van der Waals surface area contributed by atoms with Crippen LogP contribution in [0.1, 0.15) is 26.2 Å². The Morgan fingerprint density at radius 3 is 2.41 bits per heavy atom. The Labute approximate surface area is 123 Å². The second kappa shape index (κ2) is 4.29. The minimum absolute atomic E-state index is 0.117. The first kappa shape index (κ1) is 14.1. The van der Waals surface area contributed by atoms with E-state index in [2.05, 4.69) is 0 Å². The number of carbonyl (C=O) groups is 2. The highest BCUT2D eigenvalue weighted by molar-refractivity contribution is 5.77. The fourth-order valence-electron chi connectivity index (χ4n) is 3.78. The standard InChI is InChI=1S/C13H14F2O7/c1-12(14,15)10(16)18-7-3-6-2-5(7)4-13(6)21-8-9(22-13)20-11(17)19-8/h5-9H,2-4H2,1H3. The molecule has 2 aliphatic heterocycles. The summed E-state index contributed by atoms with van der Waals surface area (Å²) in [4.78, 5) is 22.2. The molecule has 1 spiro atoms. The lowest BCUT2D eigenvalue weighted by atomic mass is 9.91. The first-order chi connectivity index (χ1) is 10.3. The van der Waals surface area contributed by atoms with Crippen LogP contribution in [-0.4, -0.2) is 42.5 Å². The largest absolute Gasteiger partial charge is 0.513 e. The van der Waals surface area contributed by atoms with Crippen LogP contribution in [0.2, 0.25) is 0 Å². The first-order valence-corrected chi connectivity index (χ1v) is 7.09. The van der Waals surface area contributed by atoms with Gasteiger partial charge in [0, 0.05) is 25.2 Å². The number of esters is 1. The molecule has 4 rings (SSSR count). The van der Waals surface area contributed by atoms with Crippen LogP contribution in [0, 0.1) is 11.8 Å². The summed E-state index contributed by atoms with van der Waals surface area (Å²) in [6.45, 7) is 0.514. The Morgan fingerprint density at radius 2 is 1.91 bits per heavy atom. The van der Waals surface area contributed by atoms with Crippen LogP contribution in [0.5, 0.6) is 0 Å². The summed E-state index contributed by atoms with van der Waals surface area (Å²) in [5, 5.41) is 0. The van der Waals surface area contributed by atoms with Gasteiger partial charge >= 0.3 is 18.0 Å². The molecule has 0 amide bonds. The Morgan fingerprint density at radius 1 is 1.27 bits per heavy atom. The van der Waals surface area contributed by atoms with Gasteiger partial charge in [0.05, 0.1) is 0 Å². The van der Waals surface area contributed by atoms with E-state index >= 15 is 0 Å². The van der Waals surface area contributed by atoms with Crippen molar-refractivity contribution in [3.05, 3.63) is 0 Å².